The third kappa shape index (κ3) is 4.90. The largest absolute Gasteiger partial charge is 0.479 e. The number of nitrogens with one attached hydrogen (secondary N) is 1. The van der Waals surface area contributed by atoms with E-state index in [2.05, 4.69) is 10.1 Å². The fourth-order valence-electron chi connectivity index (χ4n) is 2.96. The van der Waals surface area contributed by atoms with E-state index in [0.717, 1.165) is 5.56 Å². The summed E-state index contributed by atoms with van der Waals surface area (Å²) >= 11 is 0. The zero-order valence-corrected chi connectivity index (χ0v) is 16.1. The van der Waals surface area contributed by atoms with Crippen molar-refractivity contribution < 1.29 is 28.2 Å². The first-order valence-electron chi connectivity index (χ1n) is 9.10. The third-order valence-corrected chi connectivity index (χ3v) is 4.49. The van der Waals surface area contributed by atoms with Crippen molar-refractivity contribution in [3.63, 3.8) is 0 Å². The molecule has 0 saturated carbocycles. The zero-order chi connectivity index (χ0) is 21.0. The molecule has 2 amide bonds. The molecule has 0 fully saturated rings. The molecule has 7 nitrogen and oxygen atoms in total. The Labute approximate surface area is 167 Å². The van der Waals surface area contributed by atoms with Crippen LogP contribution in [0.2, 0.25) is 0 Å². The summed E-state index contributed by atoms with van der Waals surface area (Å²) in [4.78, 5) is 37.5. The van der Waals surface area contributed by atoms with Crippen molar-refractivity contribution in [2.45, 2.75) is 32.4 Å². The number of hydrogen-bond donors (Lipinski definition) is 1. The Bertz CT molecular complexity index is 929. The van der Waals surface area contributed by atoms with Crippen LogP contribution in [0.1, 0.15) is 25.3 Å². The molecule has 152 valence electrons. The number of halogens is 1. The number of carbonyl (C=O) groups is 3. The quantitative estimate of drug-likeness (QED) is 0.754. The first-order chi connectivity index (χ1) is 13.9. The Kier molecular flexibility index (Phi) is 6.11. The Hall–Kier alpha value is -3.42. The van der Waals surface area contributed by atoms with Crippen LogP contribution in [0, 0.1) is 5.82 Å². The van der Waals surface area contributed by atoms with Crippen molar-refractivity contribution in [1.82, 2.24) is 0 Å². The van der Waals surface area contributed by atoms with Crippen LogP contribution in [0.15, 0.2) is 42.5 Å². The molecule has 1 aliphatic rings. The fraction of sp³-hybridized carbons (Fsp3) is 0.286. The Balaban J connectivity index is 1.80. The maximum absolute atomic E-state index is 13.2. The van der Waals surface area contributed by atoms with Gasteiger partial charge in [-0.05, 0) is 42.8 Å². The SMILES string of the molecule is COC(=O)CCC(=O)Nc1ccc2c(c1)N(Cc1ccc(F)cc1)C(=O)C(C)O2. The second-order valence-electron chi connectivity index (χ2n) is 6.62. The summed E-state index contributed by atoms with van der Waals surface area (Å²) in [7, 11) is 1.26. The summed E-state index contributed by atoms with van der Waals surface area (Å²) in [6.07, 6.45) is -0.707. The lowest BCUT2D eigenvalue weighted by Crippen LogP contribution is -2.44. The van der Waals surface area contributed by atoms with E-state index in [9.17, 15) is 18.8 Å². The molecule has 1 aliphatic heterocycles. The van der Waals surface area contributed by atoms with Gasteiger partial charge >= 0.3 is 5.97 Å². The summed E-state index contributed by atoms with van der Waals surface area (Å²) in [5.74, 6) is -0.906. The van der Waals surface area contributed by atoms with Gasteiger partial charge in [0.05, 0.1) is 25.8 Å². The number of benzene rings is 2. The highest BCUT2D eigenvalue weighted by Crippen LogP contribution is 2.37. The van der Waals surface area contributed by atoms with E-state index in [0.29, 0.717) is 17.1 Å². The molecule has 0 saturated heterocycles. The minimum absolute atomic E-state index is 0.0183. The lowest BCUT2D eigenvalue weighted by Gasteiger charge is -2.33. The summed E-state index contributed by atoms with van der Waals surface area (Å²) in [5, 5.41) is 2.70. The molecule has 1 atom stereocenters. The number of ether oxygens (including phenoxy) is 2. The van der Waals surface area contributed by atoms with Gasteiger partial charge in [-0.3, -0.25) is 14.4 Å². The predicted molar refractivity (Wildman–Crippen MR) is 104 cm³/mol. The summed E-state index contributed by atoms with van der Waals surface area (Å²) < 4.78 is 23.4. The van der Waals surface area contributed by atoms with Crippen molar-refractivity contribution in [2.75, 3.05) is 17.3 Å². The number of hydrogen-bond acceptors (Lipinski definition) is 5. The standard InChI is InChI=1S/C21H21FN2O5/c1-13-21(27)24(12-14-3-5-15(22)6-4-14)17-11-16(7-8-18(17)29-13)23-19(25)9-10-20(26)28-2/h3-8,11,13H,9-10,12H2,1-2H3,(H,23,25). The van der Waals surface area contributed by atoms with Gasteiger partial charge in [0.1, 0.15) is 11.6 Å². The van der Waals surface area contributed by atoms with Crippen molar-refractivity contribution in [1.29, 1.82) is 0 Å². The molecule has 3 rings (SSSR count). The molecule has 0 aliphatic carbocycles. The minimum Gasteiger partial charge on any atom is -0.479 e. The lowest BCUT2D eigenvalue weighted by molar-refractivity contribution is -0.141. The van der Waals surface area contributed by atoms with Gasteiger partial charge in [-0.25, -0.2) is 4.39 Å². The molecule has 2 aromatic carbocycles. The van der Waals surface area contributed by atoms with Gasteiger partial charge < -0.3 is 19.7 Å². The molecule has 8 heteroatoms. The normalized spacial score (nSPS) is 15.3. The minimum atomic E-state index is -0.663. The van der Waals surface area contributed by atoms with Crippen molar-refractivity contribution in [2.24, 2.45) is 0 Å². The Morgan fingerprint density at radius 1 is 1.17 bits per heavy atom. The van der Waals surface area contributed by atoms with Gasteiger partial charge in [-0.2, -0.15) is 0 Å². The van der Waals surface area contributed by atoms with E-state index >= 15 is 0 Å². The number of rotatable bonds is 6. The van der Waals surface area contributed by atoms with Crippen molar-refractivity contribution >= 4 is 29.2 Å². The molecule has 0 radical (unpaired) electrons. The first-order valence-corrected chi connectivity index (χ1v) is 9.10. The van der Waals surface area contributed by atoms with Crippen LogP contribution in [-0.4, -0.2) is 31.0 Å². The highest BCUT2D eigenvalue weighted by molar-refractivity contribution is 6.01. The smallest absolute Gasteiger partial charge is 0.306 e. The molecule has 1 unspecified atom stereocenters. The molecule has 2 aromatic rings. The number of fused-ring (bicyclic) bond motifs is 1. The maximum Gasteiger partial charge on any atom is 0.306 e. The average Bonchev–Trinajstić information content (AvgIpc) is 2.71. The number of anilines is 2. The maximum atomic E-state index is 13.2. The van der Waals surface area contributed by atoms with Crippen molar-refractivity contribution in [3.05, 3.63) is 53.8 Å². The summed E-state index contributed by atoms with van der Waals surface area (Å²) in [5.41, 5.74) is 1.73. The number of carbonyl (C=O) groups excluding carboxylic acids is 3. The number of amides is 2. The number of esters is 1. The first kappa shape index (κ1) is 20.3. The van der Waals surface area contributed by atoms with Crippen LogP contribution in [0.4, 0.5) is 15.8 Å². The molecule has 1 N–H and O–H groups in total. The fourth-order valence-corrected chi connectivity index (χ4v) is 2.96. The Morgan fingerprint density at radius 2 is 1.90 bits per heavy atom. The van der Waals surface area contributed by atoms with E-state index in [1.54, 1.807) is 42.2 Å². The predicted octanol–water partition coefficient (Wildman–Crippen LogP) is 3.03. The zero-order valence-electron chi connectivity index (χ0n) is 16.1. The van der Waals surface area contributed by atoms with Crippen LogP contribution in [-0.2, 0) is 25.7 Å². The van der Waals surface area contributed by atoms with Crippen LogP contribution >= 0.6 is 0 Å². The van der Waals surface area contributed by atoms with Crippen molar-refractivity contribution in [3.8, 4) is 5.75 Å². The topological polar surface area (TPSA) is 84.9 Å². The third-order valence-electron chi connectivity index (χ3n) is 4.49. The summed E-state index contributed by atoms with van der Waals surface area (Å²) in [6.45, 7) is 1.89. The van der Waals surface area contributed by atoms with Crippen LogP contribution < -0.4 is 15.0 Å². The Morgan fingerprint density at radius 3 is 2.59 bits per heavy atom. The van der Waals surface area contributed by atoms with Gasteiger partial charge in [0.2, 0.25) is 5.91 Å². The van der Waals surface area contributed by atoms with Crippen LogP contribution in [0.25, 0.3) is 0 Å². The molecule has 0 bridgehead atoms. The average molecular weight is 400 g/mol. The number of methoxy groups -OCH3 is 1. The van der Waals surface area contributed by atoms with Gasteiger partial charge in [0.25, 0.3) is 5.91 Å². The van der Waals surface area contributed by atoms with Gasteiger partial charge in [-0.15, -0.1) is 0 Å². The molecular formula is C21H21FN2O5. The van der Waals surface area contributed by atoms with E-state index < -0.39 is 12.1 Å². The van der Waals surface area contributed by atoms with E-state index in [1.807, 2.05) is 0 Å². The molecular weight excluding hydrogens is 379 g/mol. The van der Waals surface area contributed by atoms with Gasteiger partial charge in [0.15, 0.2) is 6.10 Å². The highest BCUT2D eigenvalue weighted by atomic mass is 19.1. The van der Waals surface area contributed by atoms with Gasteiger partial charge in [-0.1, -0.05) is 12.1 Å². The van der Waals surface area contributed by atoms with E-state index in [-0.39, 0.29) is 37.0 Å². The van der Waals surface area contributed by atoms with Gasteiger partial charge in [0, 0.05) is 12.1 Å². The van der Waals surface area contributed by atoms with Crippen LogP contribution in [0.5, 0.6) is 5.75 Å². The number of nitrogens with zero attached hydrogens (tertiary/aromatic N) is 1. The molecule has 0 aromatic heterocycles. The highest BCUT2D eigenvalue weighted by Gasteiger charge is 2.31. The lowest BCUT2D eigenvalue weighted by atomic mass is 10.1. The van der Waals surface area contributed by atoms with Crippen LogP contribution in [0.3, 0.4) is 0 Å². The monoisotopic (exact) mass is 400 g/mol. The van der Waals surface area contributed by atoms with E-state index in [1.165, 1.54) is 19.2 Å². The summed E-state index contributed by atoms with van der Waals surface area (Å²) in [6, 6.07) is 10.9. The molecule has 0 spiro atoms. The second-order valence-corrected chi connectivity index (χ2v) is 6.62. The molecule has 1 heterocycles. The molecule has 29 heavy (non-hydrogen) atoms. The van der Waals surface area contributed by atoms with E-state index in [4.69, 9.17) is 4.74 Å². The second kappa shape index (κ2) is 8.72.